The molecule has 1 fully saturated rings. The van der Waals surface area contributed by atoms with Crippen LogP contribution in [0.4, 0.5) is 10.1 Å². The maximum atomic E-state index is 14.3. The van der Waals surface area contributed by atoms with Crippen molar-refractivity contribution in [2.24, 2.45) is 0 Å². The van der Waals surface area contributed by atoms with Crippen molar-refractivity contribution in [1.82, 2.24) is 24.5 Å². The zero-order valence-electron chi connectivity index (χ0n) is 15.9. The fourth-order valence-electron chi connectivity index (χ4n) is 3.27. The standard InChI is InChI=1S/C19H19FN6O3S/c20-17-9-4-14(12-18(17)30(28,29)25-10-2-1-3-11-25)19(27)22-15-5-7-16(8-6-15)26-13-21-23-24-26/h4-9,12-13H,1-3,10-11H2,(H,22,27). The summed E-state index contributed by atoms with van der Waals surface area (Å²) in [5.74, 6) is -1.41. The Kier molecular flexibility index (Phi) is 5.55. The minimum atomic E-state index is -4.00. The maximum absolute atomic E-state index is 14.3. The van der Waals surface area contributed by atoms with Gasteiger partial charge >= 0.3 is 0 Å². The number of benzene rings is 2. The molecule has 0 unspecified atom stereocenters. The average molecular weight is 430 g/mol. The Hall–Kier alpha value is -3.18. The summed E-state index contributed by atoms with van der Waals surface area (Å²) < 4.78 is 42.7. The van der Waals surface area contributed by atoms with E-state index in [-0.39, 0.29) is 5.56 Å². The van der Waals surface area contributed by atoms with Crippen LogP contribution in [0.3, 0.4) is 0 Å². The summed E-state index contributed by atoms with van der Waals surface area (Å²) in [7, 11) is -4.00. The van der Waals surface area contributed by atoms with Crippen LogP contribution in [-0.2, 0) is 10.0 Å². The summed E-state index contributed by atoms with van der Waals surface area (Å²) in [5.41, 5.74) is 1.24. The molecule has 1 aromatic heterocycles. The van der Waals surface area contributed by atoms with E-state index in [1.807, 2.05) is 0 Å². The van der Waals surface area contributed by atoms with Gasteiger partial charge in [-0.15, -0.1) is 5.10 Å². The molecule has 0 atom stereocenters. The number of piperidine rings is 1. The lowest BCUT2D eigenvalue weighted by molar-refractivity contribution is 0.102. The average Bonchev–Trinajstić information content (AvgIpc) is 3.30. The number of anilines is 1. The van der Waals surface area contributed by atoms with Gasteiger partial charge in [-0.1, -0.05) is 6.42 Å². The summed E-state index contributed by atoms with van der Waals surface area (Å²) in [6.07, 6.45) is 3.86. The molecule has 3 aromatic rings. The molecule has 1 aliphatic heterocycles. The van der Waals surface area contributed by atoms with Crippen molar-refractivity contribution in [3.63, 3.8) is 0 Å². The highest BCUT2D eigenvalue weighted by molar-refractivity contribution is 7.89. The van der Waals surface area contributed by atoms with Gasteiger partial charge in [-0.2, -0.15) is 4.31 Å². The quantitative estimate of drug-likeness (QED) is 0.665. The van der Waals surface area contributed by atoms with E-state index in [4.69, 9.17) is 0 Å². The number of carbonyl (C=O) groups excluding carboxylic acids is 1. The van der Waals surface area contributed by atoms with Crippen LogP contribution in [0.15, 0.2) is 53.7 Å². The van der Waals surface area contributed by atoms with Gasteiger partial charge in [-0.25, -0.2) is 17.5 Å². The van der Waals surface area contributed by atoms with E-state index in [1.165, 1.54) is 21.4 Å². The van der Waals surface area contributed by atoms with Crippen LogP contribution in [0.2, 0.25) is 0 Å². The van der Waals surface area contributed by atoms with Gasteiger partial charge in [0.25, 0.3) is 5.91 Å². The van der Waals surface area contributed by atoms with E-state index >= 15 is 0 Å². The second kappa shape index (κ2) is 8.28. The van der Waals surface area contributed by atoms with Gasteiger partial charge in [-0.3, -0.25) is 4.79 Å². The third-order valence-electron chi connectivity index (χ3n) is 4.86. The first-order valence-electron chi connectivity index (χ1n) is 9.39. The minimum absolute atomic E-state index is 0.0523. The van der Waals surface area contributed by atoms with Gasteiger partial charge in [0.1, 0.15) is 17.0 Å². The smallest absolute Gasteiger partial charge is 0.255 e. The Labute approximate surface area is 172 Å². The van der Waals surface area contributed by atoms with Crippen molar-refractivity contribution in [2.75, 3.05) is 18.4 Å². The number of rotatable bonds is 5. The van der Waals surface area contributed by atoms with Crippen LogP contribution in [0.25, 0.3) is 5.69 Å². The molecule has 1 saturated heterocycles. The third kappa shape index (κ3) is 4.07. The van der Waals surface area contributed by atoms with E-state index in [1.54, 1.807) is 24.3 Å². The van der Waals surface area contributed by atoms with E-state index in [0.29, 0.717) is 24.5 Å². The van der Waals surface area contributed by atoms with Gasteiger partial charge in [-0.05, 0) is 65.7 Å². The Morgan fingerprint density at radius 2 is 1.77 bits per heavy atom. The summed E-state index contributed by atoms with van der Waals surface area (Å²) >= 11 is 0. The molecule has 4 rings (SSSR count). The molecule has 0 saturated carbocycles. The molecule has 9 nitrogen and oxygen atoms in total. The topological polar surface area (TPSA) is 110 Å². The number of tetrazole rings is 1. The van der Waals surface area contributed by atoms with Crippen LogP contribution in [-0.4, -0.2) is 51.9 Å². The number of nitrogens with one attached hydrogen (secondary N) is 1. The summed E-state index contributed by atoms with van der Waals surface area (Å²) in [5, 5.41) is 13.6. The SMILES string of the molecule is O=C(Nc1ccc(-n2cnnn2)cc1)c1ccc(F)c(S(=O)(=O)N2CCCCC2)c1. The maximum Gasteiger partial charge on any atom is 0.255 e. The summed E-state index contributed by atoms with van der Waals surface area (Å²) in [6.45, 7) is 0.706. The molecule has 0 aliphatic carbocycles. The number of hydrogen-bond donors (Lipinski definition) is 1. The molecular weight excluding hydrogens is 411 g/mol. The number of hydrogen-bond acceptors (Lipinski definition) is 6. The van der Waals surface area contributed by atoms with E-state index in [2.05, 4.69) is 20.8 Å². The zero-order chi connectivity index (χ0) is 21.1. The number of halogens is 1. The lowest BCUT2D eigenvalue weighted by atomic mass is 10.2. The van der Waals surface area contributed by atoms with Gasteiger partial charge in [0.2, 0.25) is 10.0 Å². The molecule has 0 spiro atoms. The van der Waals surface area contributed by atoms with Crippen LogP contribution in [0, 0.1) is 5.82 Å². The predicted octanol–water partition coefficient (Wildman–Crippen LogP) is 2.23. The van der Waals surface area contributed by atoms with Crippen molar-refractivity contribution in [3.05, 3.63) is 60.2 Å². The van der Waals surface area contributed by atoms with Gasteiger partial charge in [0.05, 0.1) is 5.69 Å². The lowest BCUT2D eigenvalue weighted by Crippen LogP contribution is -2.36. The highest BCUT2D eigenvalue weighted by Crippen LogP contribution is 2.24. The first-order chi connectivity index (χ1) is 14.4. The summed E-state index contributed by atoms with van der Waals surface area (Å²) in [6, 6.07) is 10.1. The van der Waals surface area contributed by atoms with E-state index < -0.39 is 26.6 Å². The molecule has 2 aromatic carbocycles. The number of aromatic nitrogens is 4. The molecule has 1 N–H and O–H groups in total. The highest BCUT2D eigenvalue weighted by Gasteiger charge is 2.29. The highest BCUT2D eigenvalue weighted by atomic mass is 32.2. The molecule has 30 heavy (non-hydrogen) atoms. The predicted molar refractivity (Wildman–Crippen MR) is 106 cm³/mol. The Balaban J connectivity index is 1.54. The Bertz CT molecular complexity index is 1140. The van der Waals surface area contributed by atoms with E-state index in [9.17, 15) is 17.6 Å². The minimum Gasteiger partial charge on any atom is -0.322 e. The molecule has 0 bridgehead atoms. The Morgan fingerprint density at radius 1 is 1.03 bits per heavy atom. The molecule has 1 amide bonds. The monoisotopic (exact) mass is 430 g/mol. The van der Waals surface area contributed by atoms with E-state index in [0.717, 1.165) is 31.4 Å². The zero-order valence-corrected chi connectivity index (χ0v) is 16.7. The second-order valence-corrected chi connectivity index (χ2v) is 8.77. The molecule has 1 aliphatic rings. The van der Waals surface area contributed by atoms with Crippen LogP contribution in [0.5, 0.6) is 0 Å². The van der Waals surface area contributed by atoms with Crippen molar-refractivity contribution in [3.8, 4) is 5.69 Å². The van der Waals surface area contributed by atoms with Crippen LogP contribution < -0.4 is 5.32 Å². The molecule has 0 radical (unpaired) electrons. The molecular formula is C19H19FN6O3S. The van der Waals surface area contributed by atoms with Crippen molar-refractivity contribution in [2.45, 2.75) is 24.2 Å². The third-order valence-corrected chi connectivity index (χ3v) is 6.78. The van der Waals surface area contributed by atoms with Crippen molar-refractivity contribution >= 4 is 21.6 Å². The second-order valence-electron chi connectivity index (χ2n) is 6.87. The van der Waals surface area contributed by atoms with Gasteiger partial charge < -0.3 is 5.32 Å². The molecule has 11 heteroatoms. The number of carbonyl (C=O) groups is 1. The first kappa shape index (κ1) is 20.1. The molecule has 156 valence electrons. The fourth-order valence-corrected chi connectivity index (χ4v) is 4.87. The lowest BCUT2D eigenvalue weighted by Gasteiger charge is -2.26. The Morgan fingerprint density at radius 3 is 2.43 bits per heavy atom. The molecule has 2 heterocycles. The van der Waals surface area contributed by atoms with Crippen LogP contribution >= 0.6 is 0 Å². The number of amides is 1. The van der Waals surface area contributed by atoms with Crippen molar-refractivity contribution in [1.29, 1.82) is 0 Å². The fraction of sp³-hybridized carbons (Fsp3) is 0.263. The van der Waals surface area contributed by atoms with Crippen molar-refractivity contribution < 1.29 is 17.6 Å². The van der Waals surface area contributed by atoms with Gasteiger partial charge in [0, 0.05) is 24.3 Å². The number of sulfonamides is 1. The summed E-state index contributed by atoms with van der Waals surface area (Å²) in [4.78, 5) is 12.1. The van der Waals surface area contributed by atoms with Gasteiger partial charge in [0.15, 0.2) is 0 Å². The first-order valence-corrected chi connectivity index (χ1v) is 10.8. The largest absolute Gasteiger partial charge is 0.322 e. The van der Waals surface area contributed by atoms with Crippen LogP contribution in [0.1, 0.15) is 29.6 Å². The normalized spacial score (nSPS) is 15.1. The number of nitrogens with zero attached hydrogens (tertiary/aromatic N) is 5.